The molecule has 1 aliphatic heterocycles. The lowest BCUT2D eigenvalue weighted by Crippen LogP contribution is -2.38. The Labute approximate surface area is 169 Å². The third-order valence-corrected chi connectivity index (χ3v) is 5.44. The molecule has 6 nitrogen and oxygen atoms in total. The summed E-state index contributed by atoms with van der Waals surface area (Å²) >= 11 is 8.02. The van der Waals surface area contributed by atoms with Crippen molar-refractivity contribution in [2.75, 3.05) is 26.3 Å². The van der Waals surface area contributed by atoms with E-state index in [0.717, 1.165) is 48.2 Å². The Morgan fingerprint density at radius 2 is 2.11 bits per heavy atom. The number of hydrogen-bond acceptors (Lipinski definition) is 5. The first-order valence-corrected chi connectivity index (χ1v) is 10.4. The molecule has 0 aliphatic carbocycles. The summed E-state index contributed by atoms with van der Waals surface area (Å²) in [5, 5.41) is 8.25. The van der Waals surface area contributed by atoms with Crippen LogP contribution in [-0.2, 0) is 19.4 Å². The van der Waals surface area contributed by atoms with Crippen LogP contribution in [0.5, 0.6) is 11.5 Å². The zero-order valence-corrected chi connectivity index (χ0v) is 17.3. The van der Waals surface area contributed by atoms with Gasteiger partial charge < -0.3 is 20.1 Å². The van der Waals surface area contributed by atoms with Gasteiger partial charge in [-0.1, -0.05) is 18.5 Å². The van der Waals surface area contributed by atoms with E-state index in [4.69, 9.17) is 21.1 Å². The standard InChI is InChI=1S/C19H25ClN4O2S/c1-3-14-11-23-17(27-14)12-24-19(21-4-2)22-6-5-13-9-15(20)18-16(10-13)25-7-8-26-18/h9-11H,3-8,12H2,1-2H3,(H2,21,22,24). The highest BCUT2D eigenvalue weighted by Crippen LogP contribution is 2.38. The molecule has 0 amide bonds. The quantitative estimate of drug-likeness (QED) is 0.542. The molecule has 1 aliphatic rings. The molecule has 2 aromatic rings. The number of aromatic nitrogens is 1. The van der Waals surface area contributed by atoms with E-state index in [1.165, 1.54) is 4.88 Å². The number of hydrogen-bond donors (Lipinski definition) is 2. The Morgan fingerprint density at radius 1 is 1.26 bits per heavy atom. The molecule has 2 heterocycles. The van der Waals surface area contributed by atoms with Crippen LogP contribution in [0.25, 0.3) is 0 Å². The Hall–Kier alpha value is -1.99. The molecule has 1 aromatic heterocycles. The molecule has 0 bridgehead atoms. The normalized spacial score (nSPS) is 13.5. The number of rotatable bonds is 7. The summed E-state index contributed by atoms with van der Waals surface area (Å²) in [7, 11) is 0. The van der Waals surface area contributed by atoms with E-state index in [9.17, 15) is 0 Å². The molecular formula is C19H25ClN4O2S. The minimum absolute atomic E-state index is 0.537. The second-order valence-electron chi connectivity index (χ2n) is 6.05. The van der Waals surface area contributed by atoms with Crippen molar-refractivity contribution in [2.24, 2.45) is 4.99 Å². The molecule has 8 heteroatoms. The van der Waals surface area contributed by atoms with E-state index in [1.807, 2.05) is 18.3 Å². The second kappa shape index (κ2) is 9.80. The number of nitrogens with zero attached hydrogens (tertiary/aromatic N) is 2. The van der Waals surface area contributed by atoms with Gasteiger partial charge in [-0.05, 0) is 37.5 Å². The first-order valence-electron chi connectivity index (χ1n) is 9.23. The average molecular weight is 409 g/mol. The van der Waals surface area contributed by atoms with Gasteiger partial charge in [0, 0.05) is 24.2 Å². The number of ether oxygens (including phenoxy) is 2. The van der Waals surface area contributed by atoms with Gasteiger partial charge in [-0.2, -0.15) is 0 Å². The van der Waals surface area contributed by atoms with Crippen LogP contribution >= 0.6 is 22.9 Å². The van der Waals surface area contributed by atoms with Crippen molar-refractivity contribution in [3.05, 3.63) is 38.8 Å². The molecule has 0 radical (unpaired) electrons. The van der Waals surface area contributed by atoms with E-state index >= 15 is 0 Å². The maximum absolute atomic E-state index is 6.30. The van der Waals surface area contributed by atoms with Crippen LogP contribution in [0.3, 0.4) is 0 Å². The summed E-state index contributed by atoms with van der Waals surface area (Å²) in [6, 6.07) is 3.93. The van der Waals surface area contributed by atoms with Crippen molar-refractivity contribution in [3.8, 4) is 11.5 Å². The van der Waals surface area contributed by atoms with E-state index in [2.05, 4.69) is 34.5 Å². The predicted molar refractivity (Wildman–Crippen MR) is 110 cm³/mol. The predicted octanol–water partition coefficient (Wildman–Crippen LogP) is 3.43. The maximum atomic E-state index is 6.30. The molecule has 0 saturated carbocycles. The molecule has 27 heavy (non-hydrogen) atoms. The van der Waals surface area contributed by atoms with Gasteiger partial charge in [-0.25, -0.2) is 9.98 Å². The summed E-state index contributed by atoms with van der Waals surface area (Å²) in [4.78, 5) is 10.3. The summed E-state index contributed by atoms with van der Waals surface area (Å²) in [6.07, 6.45) is 3.75. The van der Waals surface area contributed by atoms with Crippen LogP contribution in [-0.4, -0.2) is 37.2 Å². The number of fused-ring (bicyclic) bond motifs is 1. The number of benzene rings is 1. The molecule has 0 atom stereocenters. The van der Waals surface area contributed by atoms with Gasteiger partial charge in [0.15, 0.2) is 17.5 Å². The highest BCUT2D eigenvalue weighted by molar-refractivity contribution is 7.11. The van der Waals surface area contributed by atoms with E-state index in [1.54, 1.807) is 11.3 Å². The molecule has 146 valence electrons. The van der Waals surface area contributed by atoms with Crippen LogP contribution in [0, 0.1) is 0 Å². The highest BCUT2D eigenvalue weighted by atomic mass is 35.5. The summed E-state index contributed by atoms with van der Waals surface area (Å²) in [5.74, 6) is 2.15. The first-order chi connectivity index (χ1) is 13.2. The molecule has 0 fully saturated rings. The lowest BCUT2D eigenvalue weighted by atomic mass is 10.1. The van der Waals surface area contributed by atoms with Gasteiger partial charge >= 0.3 is 0 Å². The van der Waals surface area contributed by atoms with Crippen molar-refractivity contribution in [1.29, 1.82) is 0 Å². The van der Waals surface area contributed by atoms with Gasteiger partial charge in [-0.15, -0.1) is 11.3 Å². The van der Waals surface area contributed by atoms with Crippen LogP contribution in [0.4, 0.5) is 0 Å². The fourth-order valence-electron chi connectivity index (χ4n) is 2.71. The number of halogens is 1. The Morgan fingerprint density at radius 3 is 2.89 bits per heavy atom. The Kier molecular flexibility index (Phi) is 7.18. The number of nitrogens with one attached hydrogen (secondary N) is 2. The summed E-state index contributed by atoms with van der Waals surface area (Å²) < 4.78 is 11.2. The fraction of sp³-hybridized carbons (Fsp3) is 0.474. The Balaban J connectivity index is 1.56. The fourth-order valence-corrected chi connectivity index (χ4v) is 3.78. The van der Waals surface area contributed by atoms with E-state index < -0.39 is 0 Å². The number of thiazole rings is 1. The van der Waals surface area contributed by atoms with Gasteiger partial charge in [0.25, 0.3) is 0 Å². The van der Waals surface area contributed by atoms with Crippen LogP contribution < -0.4 is 20.1 Å². The zero-order chi connectivity index (χ0) is 19.1. The van der Waals surface area contributed by atoms with Crippen molar-refractivity contribution in [2.45, 2.75) is 33.2 Å². The maximum Gasteiger partial charge on any atom is 0.191 e. The van der Waals surface area contributed by atoms with Crippen molar-refractivity contribution in [1.82, 2.24) is 15.6 Å². The van der Waals surface area contributed by atoms with Gasteiger partial charge in [0.1, 0.15) is 18.2 Å². The van der Waals surface area contributed by atoms with Crippen molar-refractivity contribution in [3.63, 3.8) is 0 Å². The smallest absolute Gasteiger partial charge is 0.191 e. The van der Waals surface area contributed by atoms with E-state index in [0.29, 0.717) is 30.5 Å². The zero-order valence-electron chi connectivity index (χ0n) is 15.7. The summed E-state index contributed by atoms with van der Waals surface area (Å²) in [6.45, 7) is 7.40. The number of aliphatic imine (C=N–C) groups is 1. The lowest BCUT2D eigenvalue weighted by molar-refractivity contribution is 0.171. The average Bonchev–Trinajstić information content (AvgIpc) is 3.14. The molecular weight excluding hydrogens is 384 g/mol. The number of guanidine groups is 1. The number of aryl methyl sites for hydroxylation is 1. The second-order valence-corrected chi connectivity index (χ2v) is 7.65. The van der Waals surface area contributed by atoms with Crippen LogP contribution in [0.1, 0.15) is 29.3 Å². The van der Waals surface area contributed by atoms with E-state index in [-0.39, 0.29) is 0 Å². The van der Waals surface area contributed by atoms with Crippen molar-refractivity contribution >= 4 is 28.9 Å². The van der Waals surface area contributed by atoms with Gasteiger partial charge in [-0.3, -0.25) is 0 Å². The SMILES string of the molecule is CCNC(=NCc1ncc(CC)s1)NCCc1cc(Cl)c2c(c1)OCCO2. The minimum Gasteiger partial charge on any atom is -0.486 e. The molecule has 2 N–H and O–H groups in total. The lowest BCUT2D eigenvalue weighted by Gasteiger charge is -2.20. The minimum atomic E-state index is 0.537. The third kappa shape index (κ3) is 5.49. The summed E-state index contributed by atoms with van der Waals surface area (Å²) in [5.41, 5.74) is 1.10. The largest absolute Gasteiger partial charge is 0.486 e. The molecule has 0 unspecified atom stereocenters. The van der Waals surface area contributed by atoms with Crippen LogP contribution in [0.15, 0.2) is 23.3 Å². The van der Waals surface area contributed by atoms with Gasteiger partial charge in [0.2, 0.25) is 0 Å². The molecule has 0 saturated heterocycles. The van der Waals surface area contributed by atoms with Gasteiger partial charge in [0.05, 0.1) is 11.6 Å². The Bertz CT molecular complexity index is 794. The topological polar surface area (TPSA) is 67.8 Å². The monoisotopic (exact) mass is 408 g/mol. The van der Waals surface area contributed by atoms with Crippen molar-refractivity contribution < 1.29 is 9.47 Å². The molecule has 1 aromatic carbocycles. The van der Waals surface area contributed by atoms with Crippen LogP contribution in [0.2, 0.25) is 5.02 Å². The molecule has 0 spiro atoms. The highest BCUT2D eigenvalue weighted by Gasteiger charge is 2.16. The first kappa shape index (κ1) is 19.8. The molecule has 3 rings (SSSR count). The third-order valence-electron chi connectivity index (χ3n) is 4.03.